The maximum absolute atomic E-state index is 13.7. The van der Waals surface area contributed by atoms with Crippen LogP contribution in [0.2, 0.25) is 0 Å². The van der Waals surface area contributed by atoms with Crippen molar-refractivity contribution in [2.75, 3.05) is 19.6 Å². The molecule has 2 saturated carbocycles. The molecule has 0 radical (unpaired) electrons. The zero-order chi connectivity index (χ0) is 23.7. The van der Waals surface area contributed by atoms with Gasteiger partial charge >= 0.3 is 6.17 Å². The van der Waals surface area contributed by atoms with Crippen molar-refractivity contribution in [2.24, 2.45) is 17.3 Å². The molecule has 32 heavy (non-hydrogen) atoms. The van der Waals surface area contributed by atoms with E-state index in [9.17, 15) is 22.8 Å². The van der Waals surface area contributed by atoms with E-state index in [0.717, 1.165) is 12.8 Å². The minimum absolute atomic E-state index is 0.0323. The highest BCUT2D eigenvalue weighted by atomic mass is 19.3. The van der Waals surface area contributed by atoms with Gasteiger partial charge in [-0.1, -0.05) is 13.8 Å². The SMILES string of the molecule is [C-]#[N+][C@@H]1C[C@H](F)CN1C(=O)CN[C@@]1(C)CC[C@@H](CNC(=O)C2CCC(F)(F)CC2)C1(C)C. The van der Waals surface area contributed by atoms with Crippen LogP contribution in [0.4, 0.5) is 13.2 Å². The van der Waals surface area contributed by atoms with Gasteiger partial charge in [0.05, 0.1) is 19.5 Å². The average molecular weight is 457 g/mol. The molecule has 6 nitrogen and oxygen atoms in total. The number of nitrogens with one attached hydrogen (secondary N) is 2. The van der Waals surface area contributed by atoms with Gasteiger partial charge < -0.3 is 10.6 Å². The quantitative estimate of drug-likeness (QED) is 0.601. The molecule has 9 heteroatoms. The molecule has 0 aromatic carbocycles. The number of alkyl halides is 3. The fraction of sp³-hybridized carbons (Fsp3) is 0.870. The van der Waals surface area contributed by atoms with Crippen LogP contribution >= 0.6 is 0 Å². The van der Waals surface area contributed by atoms with Gasteiger partial charge in [0.2, 0.25) is 17.7 Å². The second-order valence-electron chi connectivity index (χ2n) is 10.5. The van der Waals surface area contributed by atoms with Crippen LogP contribution in [0.3, 0.4) is 0 Å². The van der Waals surface area contributed by atoms with Crippen LogP contribution in [0.1, 0.15) is 65.7 Å². The first kappa shape index (κ1) is 24.8. The highest BCUT2D eigenvalue weighted by molar-refractivity contribution is 5.79. The van der Waals surface area contributed by atoms with Gasteiger partial charge in [-0.2, -0.15) is 0 Å². The molecule has 0 aromatic heterocycles. The van der Waals surface area contributed by atoms with Crippen LogP contribution < -0.4 is 10.6 Å². The molecule has 3 fully saturated rings. The standard InChI is InChI=1S/C23H35F3N4O2/c1-21(2)16(12-28-20(32)15-5-9-23(25,26)10-6-15)7-8-22(21,3)29-13-19(31)30-14-17(24)11-18(30)27-4/h15-18,29H,5-14H2,1-3H3,(H,28,32)/t16-,17-,18-,22-/m0/s1. The largest absolute Gasteiger partial charge is 0.356 e. The van der Waals surface area contributed by atoms with E-state index in [1.54, 1.807) is 0 Å². The van der Waals surface area contributed by atoms with Crippen molar-refractivity contribution in [1.29, 1.82) is 0 Å². The summed E-state index contributed by atoms with van der Waals surface area (Å²) in [7, 11) is 0. The summed E-state index contributed by atoms with van der Waals surface area (Å²) in [4.78, 5) is 29.8. The van der Waals surface area contributed by atoms with E-state index in [1.165, 1.54) is 4.90 Å². The number of halogens is 3. The van der Waals surface area contributed by atoms with Crippen molar-refractivity contribution >= 4 is 11.8 Å². The number of hydrogen-bond acceptors (Lipinski definition) is 3. The summed E-state index contributed by atoms with van der Waals surface area (Å²) in [6.07, 6.45) is -0.179. The second kappa shape index (κ2) is 9.20. The average Bonchev–Trinajstić information content (AvgIpc) is 3.21. The topological polar surface area (TPSA) is 65.8 Å². The van der Waals surface area contributed by atoms with Crippen LogP contribution in [0.15, 0.2) is 0 Å². The summed E-state index contributed by atoms with van der Waals surface area (Å²) < 4.78 is 40.4. The van der Waals surface area contributed by atoms with Gasteiger partial charge in [0.15, 0.2) is 0 Å². The summed E-state index contributed by atoms with van der Waals surface area (Å²) in [5, 5.41) is 6.34. The Morgan fingerprint density at radius 3 is 2.41 bits per heavy atom. The highest BCUT2D eigenvalue weighted by Gasteiger charge is 2.52. The minimum atomic E-state index is -2.65. The lowest BCUT2D eigenvalue weighted by atomic mass is 9.71. The fourth-order valence-corrected chi connectivity index (χ4v) is 5.47. The Kier molecular flexibility index (Phi) is 7.14. The summed E-state index contributed by atoms with van der Waals surface area (Å²) in [5.74, 6) is -3.25. The van der Waals surface area contributed by atoms with E-state index in [4.69, 9.17) is 6.57 Å². The van der Waals surface area contributed by atoms with Gasteiger partial charge in [-0.05, 0) is 43.9 Å². The monoisotopic (exact) mass is 456 g/mol. The van der Waals surface area contributed by atoms with E-state index in [1.807, 2.05) is 0 Å². The first-order chi connectivity index (χ1) is 14.9. The third-order valence-electron chi connectivity index (χ3n) is 8.37. The van der Waals surface area contributed by atoms with Crippen molar-refractivity contribution in [3.05, 3.63) is 11.4 Å². The molecule has 2 aliphatic carbocycles. The Morgan fingerprint density at radius 1 is 1.12 bits per heavy atom. The fourth-order valence-electron chi connectivity index (χ4n) is 5.47. The zero-order valence-electron chi connectivity index (χ0n) is 19.2. The molecule has 3 rings (SSSR count). The van der Waals surface area contributed by atoms with Crippen molar-refractivity contribution in [3.63, 3.8) is 0 Å². The molecule has 2 N–H and O–H groups in total. The zero-order valence-corrected chi connectivity index (χ0v) is 19.2. The van der Waals surface area contributed by atoms with Gasteiger partial charge in [0, 0.05) is 30.8 Å². The molecular weight excluding hydrogens is 421 g/mol. The molecule has 0 bridgehead atoms. The molecule has 0 aromatic rings. The normalized spacial score (nSPS) is 34.3. The first-order valence-corrected chi connectivity index (χ1v) is 11.6. The lowest BCUT2D eigenvalue weighted by Crippen LogP contribution is -2.56. The summed E-state index contributed by atoms with van der Waals surface area (Å²) in [5.41, 5.74) is -0.611. The van der Waals surface area contributed by atoms with Crippen molar-refractivity contribution in [3.8, 4) is 0 Å². The summed E-state index contributed by atoms with van der Waals surface area (Å²) in [6.45, 7) is 13.9. The van der Waals surface area contributed by atoms with Gasteiger partial charge in [0.1, 0.15) is 6.17 Å². The molecule has 180 valence electrons. The van der Waals surface area contributed by atoms with Crippen LogP contribution in [0.25, 0.3) is 4.85 Å². The number of carbonyl (C=O) groups is 2. The maximum Gasteiger partial charge on any atom is 0.303 e. The number of likely N-dealkylation sites (tertiary alicyclic amines) is 1. The number of amides is 2. The van der Waals surface area contributed by atoms with Crippen LogP contribution in [0.5, 0.6) is 0 Å². The van der Waals surface area contributed by atoms with Gasteiger partial charge in [-0.15, -0.1) is 0 Å². The number of rotatable bonds is 6. The Labute approximate surface area is 188 Å². The molecule has 2 amide bonds. The van der Waals surface area contributed by atoms with Crippen molar-refractivity contribution < 1.29 is 22.8 Å². The first-order valence-electron chi connectivity index (χ1n) is 11.6. The van der Waals surface area contributed by atoms with Crippen LogP contribution in [-0.4, -0.2) is 60.1 Å². The second-order valence-corrected chi connectivity index (χ2v) is 10.5. The van der Waals surface area contributed by atoms with E-state index < -0.39 is 18.3 Å². The molecule has 0 unspecified atom stereocenters. The maximum atomic E-state index is 13.7. The molecule has 0 spiro atoms. The summed E-state index contributed by atoms with van der Waals surface area (Å²) in [6, 6.07) is 0. The minimum Gasteiger partial charge on any atom is -0.356 e. The van der Waals surface area contributed by atoms with Gasteiger partial charge in [-0.25, -0.2) is 19.7 Å². The Balaban J connectivity index is 1.51. The Hall–Kier alpha value is -1.82. The predicted octanol–water partition coefficient (Wildman–Crippen LogP) is 3.53. The third-order valence-corrected chi connectivity index (χ3v) is 8.37. The molecule has 1 heterocycles. The molecule has 1 aliphatic heterocycles. The van der Waals surface area contributed by atoms with E-state index in [-0.39, 0.29) is 79.8 Å². The van der Waals surface area contributed by atoms with E-state index >= 15 is 0 Å². The van der Waals surface area contributed by atoms with Gasteiger partial charge in [0.25, 0.3) is 0 Å². The van der Waals surface area contributed by atoms with E-state index in [0.29, 0.717) is 6.54 Å². The lowest BCUT2D eigenvalue weighted by molar-refractivity contribution is -0.131. The molecule has 3 aliphatic rings. The molecular formula is C23H35F3N4O2. The van der Waals surface area contributed by atoms with Crippen LogP contribution in [0, 0.1) is 23.8 Å². The van der Waals surface area contributed by atoms with Crippen molar-refractivity contribution in [1.82, 2.24) is 15.5 Å². The highest BCUT2D eigenvalue weighted by Crippen LogP contribution is 2.49. The number of hydrogen-bond donors (Lipinski definition) is 2. The molecule has 4 atom stereocenters. The van der Waals surface area contributed by atoms with Gasteiger partial charge in [-0.3, -0.25) is 19.3 Å². The number of carbonyl (C=O) groups excluding carboxylic acids is 2. The number of nitrogens with zero attached hydrogens (tertiary/aromatic N) is 2. The van der Waals surface area contributed by atoms with Crippen LogP contribution in [-0.2, 0) is 9.59 Å². The van der Waals surface area contributed by atoms with E-state index in [2.05, 4.69) is 36.2 Å². The Morgan fingerprint density at radius 2 is 1.78 bits per heavy atom. The lowest BCUT2D eigenvalue weighted by Gasteiger charge is -2.43. The third kappa shape index (κ3) is 5.05. The predicted molar refractivity (Wildman–Crippen MR) is 114 cm³/mol. The summed E-state index contributed by atoms with van der Waals surface area (Å²) >= 11 is 0. The smallest absolute Gasteiger partial charge is 0.303 e. The van der Waals surface area contributed by atoms with Crippen molar-refractivity contribution in [2.45, 2.75) is 89.5 Å². The Bertz CT molecular complexity index is 759. The molecule has 1 saturated heterocycles.